The highest BCUT2D eigenvalue weighted by atomic mass is 16.5. The summed E-state index contributed by atoms with van der Waals surface area (Å²) in [6, 6.07) is 0. The monoisotopic (exact) mass is 128 g/mol. The normalized spacial score (nSPS) is 10.0. The Morgan fingerprint density at radius 3 is 2.89 bits per heavy atom. The average Bonchev–Trinajstić information content (AvgIpc) is 2.17. The van der Waals surface area contributed by atoms with E-state index < -0.39 is 0 Å². The van der Waals surface area contributed by atoms with Gasteiger partial charge >= 0.3 is 0 Å². The van der Waals surface area contributed by atoms with Crippen LogP contribution >= 0.6 is 0 Å². The highest BCUT2D eigenvalue weighted by molar-refractivity contribution is 4.79. The van der Waals surface area contributed by atoms with Gasteiger partial charge in [0.25, 0.3) is 5.89 Å². The molecule has 0 aliphatic heterocycles. The first-order valence-electron chi connectivity index (χ1n) is 2.61. The Hall–Kier alpha value is -0.900. The molecular formula is C5H8N2O2. The van der Waals surface area contributed by atoms with Crippen molar-refractivity contribution in [2.24, 2.45) is 0 Å². The molecule has 1 rings (SSSR count). The molecule has 0 atom stereocenters. The van der Waals surface area contributed by atoms with E-state index in [9.17, 15) is 0 Å². The Labute approximate surface area is 52.8 Å². The van der Waals surface area contributed by atoms with Gasteiger partial charge in [0.05, 0.1) is 0 Å². The largest absolute Gasteiger partial charge is 0.375 e. The molecule has 0 aliphatic carbocycles. The van der Waals surface area contributed by atoms with Crippen LogP contribution in [0.5, 0.6) is 0 Å². The number of methoxy groups -OCH3 is 1. The third kappa shape index (κ3) is 1.50. The molecule has 1 aromatic rings. The summed E-state index contributed by atoms with van der Waals surface area (Å²) in [6.07, 6.45) is 0. The zero-order chi connectivity index (χ0) is 6.69. The van der Waals surface area contributed by atoms with Crippen molar-refractivity contribution >= 4 is 0 Å². The van der Waals surface area contributed by atoms with Crippen LogP contribution in [-0.4, -0.2) is 17.3 Å². The second kappa shape index (κ2) is 2.59. The van der Waals surface area contributed by atoms with Crippen molar-refractivity contribution in [3.05, 3.63) is 11.7 Å². The predicted molar refractivity (Wildman–Crippen MR) is 29.7 cm³/mol. The minimum Gasteiger partial charge on any atom is -0.375 e. The fourth-order valence-corrected chi connectivity index (χ4v) is 0.522. The van der Waals surface area contributed by atoms with Crippen LogP contribution in [-0.2, 0) is 11.3 Å². The summed E-state index contributed by atoms with van der Waals surface area (Å²) in [5, 5.41) is 3.57. The van der Waals surface area contributed by atoms with Crippen molar-refractivity contribution in [1.82, 2.24) is 10.1 Å². The second-order valence-electron chi connectivity index (χ2n) is 1.67. The van der Waals surface area contributed by atoms with Crippen LogP contribution in [0.25, 0.3) is 0 Å². The van der Waals surface area contributed by atoms with Crippen LogP contribution < -0.4 is 0 Å². The molecule has 0 saturated carbocycles. The molecular weight excluding hydrogens is 120 g/mol. The zero-order valence-electron chi connectivity index (χ0n) is 5.42. The lowest BCUT2D eigenvalue weighted by Gasteiger charge is -1.85. The van der Waals surface area contributed by atoms with Gasteiger partial charge in [-0.25, -0.2) is 0 Å². The summed E-state index contributed by atoms with van der Waals surface area (Å²) < 4.78 is 9.46. The molecule has 0 amide bonds. The fourth-order valence-electron chi connectivity index (χ4n) is 0.522. The standard InChI is InChI=1S/C5H8N2O2/c1-4-6-5(3-8-2)9-7-4/h3H2,1-2H3. The number of rotatable bonds is 2. The minimum absolute atomic E-state index is 0.390. The lowest BCUT2D eigenvalue weighted by Crippen LogP contribution is -1.85. The van der Waals surface area contributed by atoms with E-state index in [2.05, 4.69) is 10.1 Å². The highest BCUT2D eigenvalue weighted by Crippen LogP contribution is 1.95. The van der Waals surface area contributed by atoms with Gasteiger partial charge in [-0.2, -0.15) is 4.98 Å². The van der Waals surface area contributed by atoms with Gasteiger partial charge in [0.2, 0.25) is 0 Å². The van der Waals surface area contributed by atoms with Crippen molar-refractivity contribution in [3.8, 4) is 0 Å². The van der Waals surface area contributed by atoms with E-state index in [4.69, 9.17) is 9.26 Å². The molecule has 1 aromatic heterocycles. The SMILES string of the molecule is COCc1nc(C)no1. The van der Waals surface area contributed by atoms with Crippen LogP contribution in [0, 0.1) is 6.92 Å². The Morgan fingerprint density at radius 1 is 1.67 bits per heavy atom. The molecule has 0 aromatic carbocycles. The van der Waals surface area contributed by atoms with Gasteiger partial charge in [-0.05, 0) is 6.92 Å². The van der Waals surface area contributed by atoms with E-state index in [1.165, 1.54) is 0 Å². The van der Waals surface area contributed by atoms with Crippen molar-refractivity contribution in [2.75, 3.05) is 7.11 Å². The van der Waals surface area contributed by atoms with Crippen LogP contribution in [0.1, 0.15) is 11.7 Å². The first-order chi connectivity index (χ1) is 4.33. The number of aromatic nitrogens is 2. The van der Waals surface area contributed by atoms with Crippen LogP contribution in [0.3, 0.4) is 0 Å². The Morgan fingerprint density at radius 2 is 2.44 bits per heavy atom. The maximum absolute atomic E-state index is 4.74. The first-order valence-corrected chi connectivity index (χ1v) is 2.61. The number of nitrogens with zero attached hydrogens (tertiary/aromatic N) is 2. The summed E-state index contributed by atoms with van der Waals surface area (Å²) in [5.41, 5.74) is 0. The van der Waals surface area contributed by atoms with E-state index >= 15 is 0 Å². The highest BCUT2D eigenvalue weighted by Gasteiger charge is 1.98. The molecule has 0 radical (unpaired) electrons. The molecule has 9 heavy (non-hydrogen) atoms. The van der Waals surface area contributed by atoms with Gasteiger partial charge in [0.1, 0.15) is 6.61 Å². The fraction of sp³-hybridized carbons (Fsp3) is 0.600. The van der Waals surface area contributed by atoms with Gasteiger partial charge in [0, 0.05) is 7.11 Å². The second-order valence-corrected chi connectivity index (χ2v) is 1.67. The maximum atomic E-state index is 4.74. The molecule has 0 unspecified atom stereocenters. The number of ether oxygens (including phenoxy) is 1. The number of aryl methyl sites for hydroxylation is 1. The molecule has 0 saturated heterocycles. The zero-order valence-corrected chi connectivity index (χ0v) is 5.42. The first kappa shape index (κ1) is 6.22. The Balaban J connectivity index is 2.61. The van der Waals surface area contributed by atoms with Gasteiger partial charge in [-0.15, -0.1) is 0 Å². The summed E-state index contributed by atoms with van der Waals surface area (Å²) in [5.74, 6) is 1.16. The summed E-state index contributed by atoms with van der Waals surface area (Å²) in [4.78, 5) is 3.90. The molecule has 0 bridgehead atoms. The molecule has 4 nitrogen and oxygen atoms in total. The lowest BCUT2D eigenvalue weighted by atomic mass is 10.7. The van der Waals surface area contributed by atoms with E-state index in [1.807, 2.05) is 0 Å². The van der Waals surface area contributed by atoms with Crippen molar-refractivity contribution in [2.45, 2.75) is 13.5 Å². The van der Waals surface area contributed by atoms with Crippen molar-refractivity contribution in [3.63, 3.8) is 0 Å². The average molecular weight is 128 g/mol. The van der Waals surface area contributed by atoms with Gasteiger partial charge < -0.3 is 9.26 Å². The molecule has 0 N–H and O–H groups in total. The third-order valence-corrected chi connectivity index (χ3v) is 0.837. The third-order valence-electron chi connectivity index (χ3n) is 0.837. The smallest absolute Gasteiger partial charge is 0.252 e. The molecule has 0 aliphatic rings. The predicted octanol–water partition coefficient (Wildman–Crippen LogP) is 0.524. The van der Waals surface area contributed by atoms with Gasteiger partial charge in [-0.1, -0.05) is 5.16 Å². The number of hydrogen-bond donors (Lipinski definition) is 0. The minimum atomic E-state index is 0.390. The summed E-state index contributed by atoms with van der Waals surface area (Å²) >= 11 is 0. The van der Waals surface area contributed by atoms with Crippen LogP contribution in [0.15, 0.2) is 4.52 Å². The van der Waals surface area contributed by atoms with E-state index in [-0.39, 0.29) is 0 Å². The number of hydrogen-bond acceptors (Lipinski definition) is 4. The molecule has 1 heterocycles. The van der Waals surface area contributed by atoms with Gasteiger partial charge in [-0.3, -0.25) is 0 Å². The molecule has 0 spiro atoms. The van der Waals surface area contributed by atoms with E-state index in [1.54, 1.807) is 14.0 Å². The Kier molecular flexibility index (Phi) is 1.79. The summed E-state index contributed by atoms with van der Waals surface area (Å²) in [7, 11) is 1.58. The van der Waals surface area contributed by atoms with Crippen LogP contribution in [0.2, 0.25) is 0 Å². The maximum Gasteiger partial charge on any atom is 0.252 e. The van der Waals surface area contributed by atoms with Crippen molar-refractivity contribution < 1.29 is 9.26 Å². The van der Waals surface area contributed by atoms with E-state index in [0.29, 0.717) is 18.3 Å². The topological polar surface area (TPSA) is 48.2 Å². The molecule has 0 fully saturated rings. The molecule has 4 heteroatoms. The summed E-state index contributed by atoms with van der Waals surface area (Å²) in [6.45, 7) is 2.16. The Bertz CT molecular complexity index is 185. The van der Waals surface area contributed by atoms with Crippen molar-refractivity contribution in [1.29, 1.82) is 0 Å². The molecule has 50 valence electrons. The van der Waals surface area contributed by atoms with E-state index in [0.717, 1.165) is 0 Å². The van der Waals surface area contributed by atoms with Gasteiger partial charge in [0.15, 0.2) is 5.82 Å². The quantitative estimate of drug-likeness (QED) is 0.582. The lowest BCUT2D eigenvalue weighted by molar-refractivity contribution is 0.151. The van der Waals surface area contributed by atoms with Crippen LogP contribution in [0.4, 0.5) is 0 Å².